The van der Waals surface area contributed by atoms with Gasteiger partial charge in [0, 0.05) is 11.2 Å². The smallest absolute Gasteiger partial charge is 0.347 e. The molecular weight excluding hydrogens is 318 g/mol. The van der Waals surface area contributed by atoms with E-state index in [9.17, 15) is 13.2 Å². The van der Waals surface area contributed by atoms with Gasteiger partial charge in [-0.25, -0.2) is 18.2 Å². The lowest BCUT2D eigenvalue weighted by molar-refractivity contribution is 0.0701. The van der Waals surface area contributed by atoms with Crippen molar-refractivity contribution in [3.05, 3.63) is 34.8 Å². The van der Waals surface area contributed by atoms with Crippen LogP contribution in [0.25, 0.3) is 0 Å². The summed E-state index contributed by atoms with van der Waals surface area (Å²) in [4.78, 5) is 16.4. The molecule has 0 spiro atoms. The quantitative estimate of drug-likeness (QED) is 0.928. The third-order valence-electron chi connectivity index (χ3n) is 2.43. The van der Waals surface area contributed by atoms with E-state index >= 15 is 0 Å². The number of sulfone groups is 1. The lowest BCUT2D eigenvalue weighted by atomic mass is 10.4. The second-order valence-corrected chi connectivity index (χ2v) is 8.38. The van der Waals surface area contributed by atoms with Crippen LogP contribution in [0.4, 0.5) is 0 Å². The summed E-state index contributed by atoms with van der Waals surface area (Å²) >= 11 is 2.41. The minimum Gasteiger partial charge on any atom is -0.477 e. The maximum atomic E-state index is 11.3. The first-order valence-electron chi connectivity index (χ1n) is 5.46. The Morgan fingerprint density at radius 2 is 1.90 bits per heavy atom. The first-order valence-corrected chi connectivity index (χ1v) is 8.98. The largest absolute Gasteiger partial charge is 0.477 e. The number of aromatic nitrogens is 1. The average Bonchev–Trinajstić information content (AvgIpc) is 2.70. The number of hydrogen-bond acceptors (Lipinski definition) is 6. The predicted molar refractivity (Wildman–Crippen MR) is 77.5 cm³/mol. The molecule has 1 N–H and O–H groups in total. The van der Waals surface area contributed by atoms with Crippen LogP contribution in [0.2, 0.25) is 0 Å². The zero-order valence-electron chi connectivity index (χ0n) is 10.7. The summed E-state index contributed by atoms with van der Waals surface area (Å²) in [6.07, 6.45) is 1.15. The van der Waals surface area contributed by atoms with Gasteiger partial charge in [-0.3, -0.25) is 0 Å². The summed E-state index contributed by atoms with van der Waals surface area (Å²) in [6, 6.07) is 6.41. The molecule has 0 aliphatic heterocycles. The number of carboxylic acids is 1. The Labute approximate surface area is 124 Å². The Balaban J connectivity index is 2.22. The molecule has 0 saturated carbocycles. The molecule has 1 aromatic heterocycles. The Morgan fingerprint density at radius 1 is 1.30 bits per heavy atom. The zero-order chi connectivity index (χ0) is 14.9. The van der Waals surface area contributed by atoms with E-state index in [1.54, 1.807) is 19.1 Å². The molecule has 0 bridgehead atoms. The van der Waals surface area contributed by atoms with Crippen LogP contribution in [0.5, 0.6) is 0 Å². The average molecular weight is 329 g/mol. The number of carboxylic acid groups (broad SMARTS) is 1. The monoisotopic (exact) mass is 329 g/mol. The van der Waals surface area contributed by atoms with Gasteiger partial charge in [0.2, 0.25) is 0 Å². The highest BCUT2D eigenvalue weighted by Crippen LogP contribution is 2.33. The van der Waals surface area contributed by atoms with E-state index in [1.807, 2.05) is 0 Å². The molecule has 0 fully saturated rings. The number of rotatable bonds is 4. The van der Waals surface area contributed by atoms with E-state index in [4.69, 9.17) is 5.11 Å². The molecule has 0 radical (unpaired) electrons. The van der Waals surface area contributed by atoms with Crippen LogP contribution < -0.4 is 0 Å². The van der Waals surface area contributed by atoms with E-state index in [2.05, 4.69) is 4.98 Å². The lowest BCUT2D eigenvalue weighted by Gasteiger charge is -2.00. The summed E-state index contributed by atoms with van der Waals surface area (Å²) in [5, 5.41) is 8.97. The van der Waals surface area contributed by atoms with Crippen LogP contribution in [-0.4, -0.2) is 30.7 Å². The van der Waals surface area contributed by atoms with Crippen LogP contribution in [0.1, 0.15) is 15.4 Å². The molecule has 1 aromatic carbocycles. The van der Waals surface area contributed by atoms with Crippen molar-refractivity contribution in [3.63, 3.8) is 0 Å². The van der Waals surface area contributed by atoms with Crippen molar-refractivity contribution in [1.82, 2.24) is 4.98 Å². The Kier molecular flexibility index (Phi) is 4.17. The van der Waals surface area contributed by atoms with Gasteiger partial charge in [0.15, 0.2) is 14.2 Å². The molecule has 0 aliphatic carbocycles. The number of carbonyl (C=O) groups is 1. The van der Waals surface area contributed by atoms with Crippen LogP contribution >= 0.6 is 23.1 Å². The summed E-state index contributed by atoms with van der Waals surface area (Å²) in [5.74, 6) is -0.987. The maximum absolute atomic E-state index is 11.3. The molecule has 1 heterocycles. The SMILES string of the molecule is Cc1nc(Sc2ccc(S(C)(=O)=O)cc2)sc1C(=O)O. The fraction of sp³-hybridized carbons (Fsp3) is 0.167. The van der Waals surface area contributed by atoms with Crippen LogP contribution in [0, 0.1) is 6.92 Å². The van der Waals surface area contributed by atoms with E-state index in [1.165, 1.54) is 23.9 Å². The molecule has 0 unspecified atom stereocenters. The molecule has 20 heavy (non-hydrogen) atoms. The van der Waals surface area contributed by atoms with Gasteiger partial charge >= 0.3 is 5.97 Å². The molecule has 0 amide bonds. The Bertz CT molecular complexity index is 748. The maximum Gasteiger partial charge on any atom is 0.347 e. The molecule has 106 valence electrons. The summed E-state index contributed by atoms with van der Waals surface area (Å²) in [5.41, 5.74) is 0.484. The number of aryl methyl sites for hydroxylation is 1. The van der Waals surface area contributed by atoms with Gasteiger partial charge in [0.1, 0.15) is 4.88 Å². The molecule has 8 heteroatoms. The van der Waals surface area contributed by atoms with Gasteiger partial charge in [-0.2, -0.15) is 0 Å². The van der Waals surface area contributed by atoms with E-state index in [0.717, 1.165) is 22.5 Å². The van der Waals surface area contributed by atoms with Gasteiger partial charge in [0.25, 0.3) is 0 Å². The van der Waals surface area contributed by atoms with Gasteiger partial charge < -0.3 is 5.11 Å². The number of hydrogen-bond donors (Lipinski definition) is 1. The fourth-order valence-electron chi connectivity index (χ4n) is 1.47. The van der Waals surface area contributed by atoms with Crippen molar-refractivity contribution in [3.8, 4) is 0 Å². The highest BCUT2D eigenvalue weighted by molar-refractivity contribution is 8.01. The molecule has 0 saturated heterocycles. The molecule has 2 rings (SSSR count). The fourth-order valence-corrected chi connectivity index (χ4v) is 4.10. The van der Waals surface area contributed by atoms with Crippen LogP contribution in [0.3, 0.4) is 0 Å². The minimum absolute atomic E-state index is 0.222. The van der Waals surface area contributed by atoms with Gasteiger partial charge in [0.05, 0.1) is 10.6 Å². The summed E-state index contributed by atoms with van der Waals surface area (Å²) in [6.45, 7) is 1.65. The topological polar surface area (TPSA) is 84.3 Å². The number of nitrogens with zero attached hydrogens (tertiary/aromatic N) is 1. The second-order valence-electron chi connectivity index (χ2n) is 4.05. The highest BCUT2D eigenvalue weighted by atomic mass is 32.2. The van der Waals surface area contributed by atoms with E-state index < -0.39 is 15.8 Å². The standard InChI is InChI=1S/C12H11NO4S3/c1-7-10(11(14)15)19-12(13-7)18-8-3-5-9(6-4-8)20(2,16)17/h3-6H,1-2H3,(H,14,15). The lowest BCUT2D eigenvalue weighted by Crippen LogP contribution is -1.95. The third-order valence-corrected chi connectivity index (χ3v) is 5.77. The Morgan fingerprint density at radius 3 is 2.35 bits per heavy atom. The second kappa shape index (κ2) is 5.55. The zero-order valence-corrected chi connectivity index (χ0v) is 13.1. The number of aromatic carboxylic acids is 1. The number of benzene rings is 1. The molecule has 0 atom stereocenters. The van der Waals surface area contributed by atoms with Gasteiger partial charge in [-0.15, -0.1) is 11.3 Å². The molecular formula is C12H11NO4S3. The first-order chi connectivity index (χ1) is 9.27. The summed E-state index contributed by atoms with van der Waals surface area (Å²) in [7, 11) is -3.21. The van der Waals surface area contributed by atoms with Crippen LogP contribution in [0.15, 0.2) is 38.4 Å². The predicted octanol–water partition coefficient (Wildman–Crippen LogP) is 2.70. The number of thiazole rings is 1. The van der Waals surface area contributed by atoms with E-state index in [0.29, 0.717) is 10.0 Å². The Hall–Kier alpha value is -1.38. The van der Waals surface area contributed by atoms with E-state index in [-0.39, 0.29) is 9.77 Å². The van der Waals surface area contributed by atoms with Crippen molar-refractivity contribution in [1.29, 1.82) is 0 Å². The normalized spacial score (nSPS) is 11.5. The van der Waals surface area contributed by atoms with Crippen LogP contribution in [-0.2, 0) is 9.84 Å². The van der Waals surface area contributed by atoms with Gasteiger partial charge in [-0.1, -0.05) is 11.8 Å². The molecule has 0 aliphatic rings. The van der Waals surface area contributed by atoms with Gasteiger partial charge in [-0.05, 0) is 31.2 Å². The van der Waals surface area contributed by atoms with Crippen molar-refractivity contribution < 1.29 is 18.3 Å². The minimum atomic E-state index is -3.21. The molecule has 5 nitrogen and oxygen atoms in total. The van der Waals surface area contributed by atoms with Crippen molar-refractivity contribution in [2.45, 2.75) is 21.1 Å². The molecule has 2 aromatic rings. The van der Waals surface area contributed by atoms with Crippen molar-refractivity contribution in [2.24, 2.45) is 0 Å². The van der Waals surface area contributed by atoms with Crippen molar-refractivity contribution in [2.75, 3.05) is 6.26 Å². The first kappa shape index (κ1) is 15.0. The third kappa shape index (κ3) is 3.38. The highest BCUT2D eigenvalue weighted by Gasteiger charge is 2.15. The summed E-state index contributed by atoms with van der Waals surface area (Å²) < 4.78 is 23.3. The van der Waals surface area contributed by atoms with Crippen molar-refractivity contribution >= 4 is 38.9 Å².